The molecule has 0 aliphatic rings. The summed E-state index contributed by atoms with van der Waals surface area (Å²) in [5.41, 5.74) is 0.394. The molecule has 0 saturated carbocycles. The van der Waals surface area contributed by atoms with E-state index in [0.717, 1.165) is 12.1 Å². The van der Waals surface area contributed by atoms with Crippen LogP contribution >= 0.6 is 0 Å². The van der Waals surface area contributed by atoms with Gasteiger partial charge in [0.1, 0.15) is 11.6 Å². The number of sulfonamides is 1. The first-order valence-corrected chi connectivity index (χ1v) is 12.9. The van der Waals surface area contributed by atoms with Gasteiger partial charge in [0, 0.05) is 48.4 Å². The van der Waals surface area contributed by atoms with Crippen molar-refractivity contribution in [3.05, 3.63) is 76.5 Å². The second-order valence-electron chi connectivity index (χ2n) is 8.33. The molecule has 1 N–H and O–H groups in total. The van der Waals surface area contributed by atoms with Crippen molar-refractivity contribution in [3.8, 4) is 34.3 Å². The van der Waals surface area contributed by atoms with Gasteiger partial charge >= 0.3 is 0 Å². The number of halogens is 2. The molecule has 0 aliphatic heterocycles. The lowest BCUT2D eigenvalue weighted by atomic mass is 10.0. The summed E-state index contributed by atoms with van der Waals surface area (Å²) in [6.07, 6.45) is 1.50. The SMILES string of the molecule is CCS(=O)(=O)Nc1ccc(Oc2ccc(F)cc2F)c(-c2cn(C)c(=O)c3oc(-c4nnc(C)o4)cc23)c1. The topological polar surface area (TPSA) is 129 Å². The number of nitrogens with one attached hydrogen (secondary N) is 1. The van der Waals surface area contributed by atoms with Gasteiger partial charge < -0.3 is 18.1 Å². The van der Waals surface area contributed by atoms with Crippen molar-refractivity contribution in [1.29, 1.82) is 0 Å². The summed E-state index contributed by atoms with van der Waals surface area (Å²) in [5.74, 6) is -1.55. The van der Waals surface area contributed by atoms with Crippen LogP contribution in [0.1, 0.15) is 12.8 Å². The van der Waals surface area contributed by atoms with Crippen LogP contribution in [0, 0.1) is 18.6 Å². The maximum atomic E-state index is 14.4. The molecule has 13 heteroatoms. The fourth-order valence-electron chi connectivity index (χ4n) is 3.77. The number of rotatable bonds is 7. The minimum absolute atomic E-state index is 0.0330. The third-order valence-electron chi connectivity index (χ3n) is 5.63. The van der Waals surface area contributed by atoms with E-state index >= 15 is 0 Å². The van der Waals surface area contributed by atoms with Crippen LogP contribution in [0.5, 0.6) is 11.5 Å². The van der Waals surface area contributed by atoms with E-state index < -0.39 is 27.2 Å². The van der Waals surface area contributed by atoms with Crippen molar-refractivity contribution in [3.63, 3.8) is 0 Å². The first kappa shape index (κ1) is 25.1. The second kappa shape index (κ2) is 9.41. The van der Waals surface area contributed by atoms with Gasteiger partial charge in [-0.1, -0.05) is 0 Å². The van der Waals surface area contributed by atoms with Crippen LogP contribution in [0.15, 0.2) is 62.3 Å². The average Bonchev–Trinajstić information content (AvgIpc) is 3.51. The predicted octanol–water partition coefficient (Wildman–Crippen LogP) is 4.99. The Bertz CT molecular complexity index is 1860. The summed E-state index contributed by atoms with van der Waals surface area (Å²) < 4.78 is 73.1. The molecular formula is C25H20F2N4O6S. The zero-order valence-electron chi connectivity index (χ0n) is 20.3. The molecule has 0 saturated heterocycles. The molecule has 5 aromatic rings. The highest BCUT2D eigenvalue weighted by Crippen LogP contribution is 2.40. The molecule has 3 heterocycles. The van der Waals surface area contributed by atoms with Crippen molar-refractivity contribution < 1.29 is 30.8 Å². The van der Waals surface area contributed by atoms with Gasteiger partial charge in [-0.2, -0.15) is 0 Å². The smallest absolute Gasteiger partial charge is 0.293 e. The Morgan fingerprint density at radius 2 is 1.79 bits per heavy atom. The van der Waals surface area contributed by atoms with Crippen LogP contribution < -0.4 is 15.0 Å². The largest absolute Gasteiger partial charge is 0.454 e. The first-order valence-electron chi connectivity index (χ1n) is 11.3. The lowest BCUT2D eigenvalue weighted by molar-refractivity contribution is 0.439. The molecule has 0 fully saturated rings. The van der Waals surface area contributed by atoms with Crippen molar-refractivity contribution >= 4 is 26.7 Å². The van der Waals surface area contributed by atoms with Gasteiger partial charge in [0.05, 0.1) is 5.75 Å². The van der Waals surface area contributed by atoms with Crippen molar-refractivity contribution in [2.45, 2.75) is 13.8 Å². The highest BCUT2D eigenvalue weighted by atomic mass is 32.2. The number of pyridine rings is 1. The molecule has 0 amide bonds. The molecule has 0 atom stereocenters. The molecule has 0 bridgehead atoms. The standard InChI is InChI=1S/C25H20F2N4O6S/c1-4-38(33,34)30-15-6-8-20(36-21-7-5-14(26)9-19(21)27)16(10-15)18-12-31(3)25(32)23-17(18)11-22(37-23)24-29-28-13(2)35-24/h5-12,30H,4H2,1-3H3. The number of ether oxygens (including phenoxy) is 1. The number of hydrogen-bond donors (Lipinski definition) is 1. The van der Waals surface area contributed by atoms with Crippen molar-refractivity contribution in [2.75, 3.05) is 10.5 Å². The Labute approximate surface area is 214 Å². The van der Waals surface area contributed by atoms with E-state index in [1.165, 1.54) is 49.0 Å². The molecular weight excluding hydrogens is 522 g/mol. The summed E-state index contributed by atoms with van der Waals surface area (Å²) >= 11 is 0. The molecule has 196 valence electrons. The highest BCUT2D eigenvalue weighted by molar-refractivity contribution is 7.92. The Hall–Kier alpha value is -4.52. The summed E-state index contributed by atoms with van der Waals surface area (Å²) in [4.78, 5) is 12.9. The number of hydrogen-bond acceptors (Lipinski definition) is 8. The lowest BCUT2D eigenvalue weighted by Crippen LogP contribution is -2.16. The summed E-state index contributed by atoms with van der Waals surface area (Å²) in [5, 5.41) is 8.03. The number of aryl methyl sites for hydroxylation is 2. The minimum Gasteiger partial charge on any atom is -0.454 e. The molecule has 0 unspecified atom stereocenters. The van der Waals surface area contributed by atoms with Gasteiger partial charge in [-0.3, -0.25) is 9.52 Å². The molecule has 0 radical (unpaired) electrons. The number of fused-ring (bicyclic) bond motifs is 1. The summed E-state index contributed by atoms with van der Waals surface area (Å²) in [6.45, 7) is 3.09. The third kappa shape index (κ3) is 4.75. The Morgan fingerprint density at radius 1 is 1.03 bits per heavy atom. The normalized spacial score (nSPS) is 11.7. The molecule has 38 heavy (non-hydrogen) atoms. The Kier molecular flexibility index (Phi) is 6.23. The van der Waals surface area contributed by atoms with Gasteiger partial charge in [0.2, 0.25) is 21.5 Å². The molecule has 3 aromatic heterocycles. The van der Waals surface area contributed by atoms with E-state index in [4.69, 9.17) is 13.6 Å². The van der Waals surface area contributed by atoms with Crippen molar-refractivity contribution in [2.24, 2.45) is 7.05 Å². The van der Waals surface area contributed by atoms with Crippen LogP contribution in [-0.4, -0.2) is 28.9 Å². The second-order valence-corrected chi connectivity index (χ2v) is 10.3. The van der Waals surface area contributed by atoms with E-state index in [-0.39, 0.29) is 40.2 Å². The summed E-state index contributed by atoms with van der Waals surface area (Å²) in [6, 6.07) is 8.74. The summed E-state index contributed by atoms with van der Waals surface area (Å²) in [7, 11) is -2.13. The molecule has 0 aliphatic carbocycles. The van der Waals surface area contributed by atoms with E-state index in [1.54, 1.807) is 6.92 Å². The van der Waals surface area contributed by atoms with Gasteiger partial charge in [-0.05, 0) is 43.3 Å². The van der Waals surface area contributed by atoms with E-state index in [9.17, 15) is 22.0 Å². The minimum atomic E-state index is -3.64. The highest BCUT2D eigenvalue weighted by Gasteiger charge is 2.22. The quantitative estimate of drug-likeness (QED) is 0.305. The van der Waals surface area contributed by atoms with Gasteiger partial charge in [0.25, 0.3) is 11.4 Å². The number of aromatic nitrogens is 3. The molecule has 5 rings (SSSR count). The van der Waals surface area contributed by atoms with Crippen LogP contribution in [0.25, 0.3) is 33.7 Å². The zero-order chi connectivity index (χ0) is 27.2. The number of nitrogens with zero attached hydrogens (tertiary/aromatic N) is 3. The first-order chi connectivity index (χ1) is 18.0. The fraction of sp³-hybridized carbons (Fsp3) is 0.160. The zero-order valence-corrected chi connectivity index (χ0v) is 21.1. The van der Waals surface area contributed by atoms with E-state index in [0.29, 0.717) is 28.5 Å². The Balaban J connectivity index is 1.74. The van der Waals surface area contributed by atoms with Gasteiger partial charge in [-0.15, -0.1) is 10.2 Å². The van der Waals surface area contributed by atoms with E-state index in [2.05, 4.69) is 14.9 Å². The fourth-order valence-corrected chi connectivity index (χ4v) is 4.40. The van der Waals surface area contributed by atoms with E-state index in [1.807, 2.05) is 0 Å². The predicted molar refractivity (Wildman–Crippen MR) is 134 cm³/mol. The van der Waals surface area contributed by atoms with Crippen molar-refractivity contribution in [1.82, 2.24) is 14.8 Å². The number of anilines is 1. The third-order valence-corrected chi connectivity index (χ3v) is 6.94. The maximum Gasteiger partial charge on any atom is 0.293 e. The molecule has 10 nitrogen and oxygen atoms in total. The van der Waals surface area contributed by atoms with Gasteiger partial charge in [-0.25, -0.2) is 17.2 Å². The van der Waals surface area contributed by atoms with Crippen LogP contribution in [0.4, 0.5) is 14.5 Å². The molecule has 0 spiro atoms. The number of benzene rings is 2. The lowest BCUT2D eigenvalue weighted by Gasteiger charge is -2.16. The maximum absolute atomic E-state index is 14.4. The van der Waals surface area contributed by atoms with Crippen LogP contribution in [0.2, 0.25) is 0 Å². The van der Waals surface area contributed by atoms with Gasteiger partial charge in [0.15, 0.2) is 17.3 Å². The monoisotopic (exact) mass is 542 g/mol. The van der Waals surface area contributed by atoms with Crippen LogP contribution in [0.3, 0.4) is 0 Å². The Morgan fingerprint density at radius 3 is 2.47 bits per heavy atom. The molecule has 2 aromatic carbocycles. The average molecular weight is 543 g/mol. The van der Waals surface area contributed by atoms with Crippen LogP contribution in [-0.2, 0) is 17.1 Å². The number of furan rings is 1.